The summed E-state index contributed by atoms with van der Waals surface area (Å²) in [7, 11) is 1.86. The number of aliphatic hydroxyl groups is 2. The van der Waals surface area contributed by atoms with E-state index >= 15 is 0 Å². The van der Waals surface area contributed by atoms with Crippen LogP contribution in [-0.2, 0) is 30.4 Å². The van der Waals surface area contributed by atoms with E-state index in [2.05, 4.69) is 119 Å². The van der Waals surface area contributed by atoms with E-state index in [1.807, 2.05) is 38.4 Å². The Morgan fingerprint density at radius 1 is 0.934 bits per heavy atom. The Bertz CT molecular complexity index is 3170. The summed E-state index contributed by atoms with van der Waals surface area (Å²) in [6.07, 6.45) is 8.17. The molecule has 0 saturated carbocycles. The molecule has 0 fully saturated rings. The fourth-order valence-electron chi connectivity index (χ4n) is 13.0. The Morgan fingerprint density at radius 3 is 2.61 bits per heavy atom. The monoisotopic (exact) mass is 1030 g/mol. The van der Waals surface area contributed by atoms with Crippen LogP contribution >= 0.6 is 0 Å². The second-order valence-corrected chi connectivity index (χ2v) is 22.2. The minimum Gasteiger partial charge on any atom is -0.507 e. The van der Waals surface area contributed by atoms with E-state index < -0.39 is 29.5 Å². The molecular weight excluding hydrogens is 955 g/mol. The molecule has 13 nitrogen and oxygen atoms in total. The first kappa shape index (κ1) is 51.8. The average molecular weight is 1030 g/mol. The van der Waals surface area contributed by atoms with Gasteiger partial charge in [0.2, 0.25) is 0 Å². The Labute approximate surface area is 446 Å². The van der Waals surface area contributed by atoms with Gasteiger partial charge in [0, 0.05) is 72.5 Å². The Morgan fingerprint density at radius 2 is 1.78 bits per heavy atom. The van der Waals surface area contributed by atoms with E-state index in [1.54, 1.807) is 6.07 Å². The highest BCUT2D eigenvalue weighted by Gasteiger charge is 2.55. The quantitative estimate of drug-likeness (QED) is 0.0228. The third-order valence-corrected chi connectivity index (χ3v) is 16.2. The van der Waals surface area contributed by atoms with Gasteiger partial charge in [-0.05, 0) is 158 Å². The van der Waals surface area contributed by atoms with Crippen LogP contribution in [0.2, 0.25) is 0 Å². The summed E-state index contributed by atoms with van der Waals surface area (Å²) >= 11 is 0. The van der Waals surface area contributed by atoms with Crippen molar-refractivity contribution in [2.24, 2.45) is 5.92 Å². The summed E-state index contributed by atoms with van der Waals surface area (Å²) in [5.41, 5.74) is 10.3. The molecule has 0 spiro atoms. The molecule has 76 heavy (non-hydrogen) atoms. The maximum absolute atomic E-state index is 12.0. The Kier molecular flexibility index (Phi) is 14.9. The molecule has 7 atom stereocenters. The number of aromatic nitrogens is 1. The number of H-pyrrole nitrogens is 1. The van der Waals surface area contributed by atoms with E-state index in [9.17, 15) is 20.4 Å². The molecule has 2 bridgehead atoms. The zero-order chi connectivity index (χ0) is 52.6. The van der Waals surface area contributed by atoms with Gasteiger partial charge in [-0.2, -0.15) is 0 Å². The number of hydrogen-bond donors (Lipinski definition) is 9. The molecule has 3 aliphatic heterocycles. The number of ether oxygens (including phenoxy) is 4. The number of aromatic amines is 1. The van der Waals surface area contributed by atoms with Crippen molar-refractivity contribution in [3.8, 4) is 51.7 Å². The number of aliphatic hydroxyl groups excluding tert-OH is 1. The van der Waals surface area contributed by atoms with E-state index in [0.717, 1.165) is 80.5 Å². The van der Waals surface area contributed by atoms with Crippen molar-refractivity contribution >= 4 is 17.0 Å². The van der Waals surface area contributed by atoms with E-state index in [-0.39, 0.29) is 43.3 Å². The van der Waals surface area contributed by atoms with Gasteiger partial charge in [-0.25, -0.2) is 0 Å². The molecule has 0 unspecified atom stereocenters. The first-order valence-corrected chi connectivity index (χ1v) is 27.4. The molecular formula is C63H73N5O8. The SMILES string of the molecule is CNCO[C@]12Cc3c4c(c5c(c3O[C@@H]1c1ccc(O)c(c1)OCCC#C[C@H]2NCNC[C@@](C)(O)CC(C)C)CC[C@H](CO)O5)-c1ccc(O)c2c1[C@@H](C4)[C@H](c1ccc3[nH]ccc3c1)C(CNCCCc1ccccc1)=C2. The summed E-state index contributed by atoms with van der Waals surface area (Å²) in [6, 6.07) is 28.1. The molecule has 0 saturated heterocycles. The number of phenols is 2. The van der Waals surface area contributed by atoms with Crippen LogP contribution < -0.4 is 35.5 Å². The predicted molar refractivity (Wildman–Crippen MR) is 297 cm³/mol. The van der Waals surface area contributed by atoms with Gasteiger partial charge in [0.1, 0.15) is 35.0 Å². The second-order valence-electron chi connectivity index (χ2n) is 22.2. The normalized spacial score (nSPS) is 22.9. The standard InChI is InChI=1S/C63H73N5O8/c1-38(2)31-62(3,72)35-66-36-68-55-14-8-9-26-73-54-29-42(16-21-53(54)71)61-63(55,74-37-64-4)32-50-47-30-49-56(41-15-20-51-40(27-41)23-25-67-51)43(33-65-24-10-13-39-11-6-5-7-12-39)28-48-52(70)22-19-45(57(48)49)58(47)60-46(59(50)76-61)18-17-44(34-69)75-60/h5-7,11-12,15-16,19-23,25,27-29,38,44,49,55-56,61,64-72H,9-10,13,17-18,24,26,30-37H2,1-4H3/t44-,49+,55-,56-,61-,62+,63+/m1/s1. The lowest BCUT2D eigenvalue weighted by Gasteiger charge is -2.50. The zero-order valence-electron chi connectivity index (χ0n) is 44.2. The molecule has 2 aliphatic carbocycles. The van der Waals surface area contributed by atoms with Gasteiger partial charge in [0.25, 0.3) is 0 Å². The van der Waals surface area contributed by atoms with E-state index in [1.165, 1.54) is 16.7 Å². The molecule has 5 aromatic carbocycles. The van der Waals surface area contributed by atoms with E-state index in [0.29, 0.717) is 75.7 Å². The number of aromatic hydroxyl groups is 2. The minimum atomic E-state index is -1.20. The van der Waals surface area contributed by atoms with Crippen molar-refractivity contribution in [1.82, 2.24) is 26.3 Å². The number of benzene rings is 5. The third-order valence-electron chi connectivity index (χ3n) is 16.2. The first-order valence-electron chi connectivity index (χ1n) is 27.4. The summed E-state index contributed by atoms with van der Waals surface area (Å²) in [4.78, 5) is 3.40. The molecule has 0 amide bonds. The lowest BCUT2D eigenvalue weighted by atomic mass is 9.62. The van der Waals surface area contributed by atoms with Gasteiger partial charge >= 0.3 is 0 Å². The molecule has 4 heterocycles. The molecule has 5 aliphatic rings. The molecule has 13 heteroatoms. The van der Waals surface area contributed by atoms with Gasteiger partial charge < -0.3 is 55.0 Å². The van der Waals surface area contributed by atoms with Crippen LogP contribution in [0.15, 0.2) is 96.7 Å². The van der Waals surface area contributed by atoms with Crippen LogP contribution in [0.1, 0.15) is 109 Å². The van der Waals surface area contributed by atoms with Crippen LogP contribution in [0.3, 0.4) is 0 Å². The van der Waals surface area contributed by atoms with Crippen molar-refractivity contribution in [3.63, 3.8) is 0 Å². The zero-order valence-corrected chi connectivity index (χ0v) is 44.2. The second kappa shape index (κ2) is 22.0. The van der Waals surface area contributed by atoms with Crippen molar-refractivity contribution in [2.75, 3.05) is 53.3 Å². The fourth-order valence-corrected chi connectivity index (χ4v) is 13.0. The average Bonchev–Trinajstić information content (AvgIpc) is 3.90. The number of hydrogen-bond acceptors (Lipinski definition) is 12. The maximum atomic E-state index is 12.0. The van der Waals surface area contributed by atoms with Crippen LogP contribution in [0.25, 0.3) is 28.1 Å². The lowest BCUT2D eigenvalue weighted by Crippen LogP contribution is -2.62. The minimum absolute atomic E-state index is 0.0219. The number of nitrogens with one attached hydrogen (secondary N) is 5. The van der Waals surface area contributed by atoms with Crippen LogP contribution in [-0.4, -0.2) is 102 Å². The van der Waals surface area contributed by atoms with Gasteiger partial charge in [-0.1, -0.05) is 74.2 Å². The van der Waals surface area contributed by atoms with Crippen molar-refractivity contribution in [3.05, 3.63) is 141 Å². The predicted octanol–water partition coefficient (Wildman–Crippen LogP) is 8.67. The number of rotatable bonds is 18. The number of phenolic OH excluding ortho intramolecular Hbond substituents is 2. The van der Waals surface area contributed by atoms with E-state index in [4.69, 9.17) is 18.9 Å². The fraction of sp³-hybridized carbons (Fsp3) is 0.429. The van der Waals surface area contributed by atoms with Crippen LogP contribution in [0.5, 0.6) is 28.7 Å². The van der Waals surface area contributed by atoms with Gasteiger partial charge in [-0.3, -0.25) is 10.6 Å². The number of fused-ring (bicyclic) bond motifs is 12. The van der Waals surface area contributed by atoms with Gasteiger partial charge in [0.15, 0.2) is 17.6 Å². The highest BCUT2D eigenvalue weighted by Crippen LogP contribution is 2.62. The topological polar surface area (TPSA) is 182 Å². The largest absolute Gasteiger partial charge is 0.507 e. The molecule has 6 aromatic rings. The van der Waals surface area contributed by atoms with Crippen LogP contribution in [0, 0.1) is 17.8 Å². The summed E-state index contributed by atoms with van der Waals surface area (Å²) in [5, 5.41) is 60.7. The van der Waals surface area contributed by atoms with Gasteiger partial charge in [-0.15, -0.1) is 0 Å². The van der Waals surface area contributed by atoms with Crippen molar-refractivity contribution in [1.29, 1.82) is 0 Å². The molecule has 0 radical (unpaired) electrons. The molecule has 9 N–H and O–H groups in total. The summed E-state index contributed by atoms with van der Waals surface area (Å²) in [6.45, 7) is 8.55. The molecule has 11 rings (SSSR count). The van der Waals surface area contributed by atoms with Crippen molar-refractivity contribution in [2.45, 2.75) is 113 Å². The third kappa shape index (κ3) is 10.1. The lowest BCUT2D eigenvalue weighted by molar-refractivity contribution is -0.141. The maximum Gasteiger partial charge on any atom is 0.161 e. The Balaban J connectivity index is 1.07. The molecule has 398 valence electrons. The summed E-state index contributed by atoms with van der Waals surface area (Å²) < 4.78 is 28.2. The first-order chi connectivity index (χ1) is 36.9. The highest BCUT2D eigenvalue weighted by atomic mass is 16.6. The number of aryl methyl sites for hydroxylation is 1. The van der Waals surface area contributed by atoms with Crippen molar-refractivity contribution < 1.29 is 39.4 Å². The van der Waals surface area contributed by atoms with Gasteiger partial charge in [0.05, 0.1) is 25.5 Å². The smallest absolute Gasteiger partial charge is 0.161 e. The molecule has 1 aromatic heterocycles. The summed E-state index contributed by atoms with van der Waals surface area (Å²) in [5.74, 6) is 9.19. The highest BCUT2D eigenvalue weighted by molar-refractivity contribution is 5.90. The van der Waals surface area contributed by atoms with Crippen LogP contribution in [0.4, 0.5) is 0 Å². The Hall–Kier alpha value is -6.34.